The molecule has 0 aliphatic heterocycles. The first-order valence-corrected chi connectivity index (χ1v) is 6.97. The summed E-state index contributed by atoms with van der Waals surface area (Å²) in [4.78, 5) is 17.3. The Balaban J connectivity index is 2.14. The monoisotopic (exact) mass is 251 g/mol. The lowest BCUT2D eigenvalue weighted by molar-refractivity contribution is 0.0996. The van der Waals surface area contributed by atoms with Crippen molar-refractivity contribution in [1.29, 1.82) is 0 Å². The number of nitrogens with zero attached hydrogens (tertiary/aromatic N) is 1. The molecule has 0 amide bonds. The summed E-state index contributed by atoms with van der Waals surface area (Å²) in [6.07, 6.45) is 1.35. The first-order chi connectivity index (χ1) is 7.70. The predicted molar refractivity (Wildman–Crippen MR) is 68.6 cm³/mol. The molecule has 0 radical (unpaired) electrons. The van der Waals surface area contributed by atoms with Gasteiger partial charge in [-0.2, -0.15) is 0 Å². The molecule has 2 nitrogen and oxygen atoms in total. The van der Waals surface area contributed by atoms with E-state index in [-0.39, 0.29) is 5.78 Å². The van der Waals surface area contributed by atoms with Crippen LogP contribution in [0.5, 0.6) is 0 Å². The second-order valence-corrected chi connectivity index (χ2v) is 5.47. The molecule has 16 heavy (non-hydrogen) atoms. The van der Waals surface area contributed by atoms with Crippen LogP contribution in [-0.4, -0.2) is 10.8 Å². The van der Waals surface area contributed by atoms with E-state index in [1.165, 1.54) is 11.3 Å². The van der Waals surface area contributed by atoms with E-state index in [0.717, 1.165) is 27.6 Å². The maximum absolute atomic E-state index is 12.0. The SMILES string of the molecule is CCc1ccsc1C(=O)Cc1nc(C)cs1. The lowest BCUT2D eigenvalue weighted by atomic mass is 10.1. The van der Waals surface area contributed by atoms with Crippen LogP contribution in [0.25, 0.3) is 0 Å². The van der Waals surface area contributed by atoms with Gasteiger partial charge >= 0.3 is 0 Å². The number of aryl methyl sites for hydroxylation is 2. The third-order valence-electron chi connectivity index (χ3n) is 2.36. The summed E-state index contributed by atoms with van der Waals surface area (Å²) >= 11 is 3.10. The van der Waals surface area contributed by atoms with Gasteiger partial charge in [0.1, 0.15) is 5.01 Å². The van der Waals surface area contributed by atoms with Crippen molar-refractivity contribution in [3.63, 3.8) is 0 Å². The number of hydrogen-bond donors (Lipinski definition) is 0. The number of aromatic nitrogens is 1. The highest BCUT2D eigenvalue weighted by molar-refractivity contribution is 7.12. The van der Waals surface area contributed by atoms with Crippen molar-refractivity contribution in [3.05, 3.63) is 38.0 Å². The zero-order valence-electron chi connectivity index (χ0n) is 9.32. The average Bonchev–Trinajstić information content (AvgIpc) is 2.86. The van der Waals surface area contributed by atoms with Crippen LogP contribution in [0.4, 0.5) is 0 Å². The van der Waals surface area contributed by atoms with E-state index >= 15 is 0 Å². The summed E-state index contributed by atoms with van der Waals surface area (Å²) in [6.45, 7) is 4.03. The summed E-state index contributed by atoms with van der Waals surface area (Å²) in [7, 11) is 0. The maximum atomic E-state index is 12.0. The standard InChI is InChI=1S/C12H13NOS2/c1-3-9-4-5-15-12(9)10(14)6-11-13-8(2)7-16-11/h4-5,7H,3,6H2,1-2H3. The molecule has 0 saturated carbocycles. The van der Waals surface area contributed by atoms with Crippen LogP contribution in [0.2, 0.25) is 0 Å². The number of rotatable bonds is 4. The van der Waals surface area contributed by atoms with E-state index in [4.69, 9.17) is 0 Å². The quantitative estimate of drug-likeness (QED) is 0.778. The fourth-order valence-electron chi connectivity index (χ4n) is 1.56. The Hall–Kier alpha value is -1.00. The van der Waals surface area contributed by atoms with Crippen LogP contribution in [0.15, 0.2) is 16.8 Å². The largest absolute Gasteiger partial charge is 0.293 e. The number of thiazole rings is 1. The number of carbonyl (C=O) groups is 1. The second-order valence-electron chi connectivity index (χ2n) is 3.61. The Morgan fingerprint density at radius 1 is 1.44 bits per heavy atom. The minimum Gasteiger partial charge on any atom is -0.293 e. The lowest BCUT2D eigenvalue weighted by Gasteiger charge is -1.98. The van der Waals surface area contributed by atoms with E-state index in [9.17, 15) is 4.79 Å². The molecule has 0 N–H and O–H groups in total. The molecule has 0 bridgehead atoms. The lowest BCUT2D eigenvalue weighted by Crippen LogP contribution is -2.03. The second kappa shape index (κ2) is 4.89. The highest BCUT2D eigenvalue weighted by Crippen LogP contribution is 2.20. The van der Waals surface area contributed by atoms with Gasteiger partial charge in [-0.05, 0) is 30.4 Å². The number of carbonyl (C=O) groups excluding carboxylic acids is 1. The number of Topliss-reactive ketones (excluding diaryl/α,β-unsaturated/α-hetero) is 1. The third kappa shape index (κ3) is 2.39. The van der Waals surface area contributed by atoms with Gasteiger partial charge in [0.15, 0.2) is 5.78 Å². The molecule has 0 spiro atoms. The molecule has 0 unspecified atom stereocenters. The van der Waals surface area contributed by atoms with Crippen LogP contribution in [0.1, 0.15) is 32.9 Å². The first kappa shape index (κ1) is 11.5. The van der Waals surface area contributed by atoms with Crippen LogP contribution >= 0.6 is 22.7 Å². The van der Waals surface area contributed by atoms with E-state index in [1.807, 2.05) is 23.8 Å². The fourth-order valence-corrected chi connectivity index (χ4v) is 3.27. The van der Waals surface area contributed by atoms with Crippen molar-refractivity contribution in [2.24, 2.45) is 0 Å². The summed E-state index contributed by atoms with van der Waals surface area (Å²) < 4.78 is 0. The normalized spacial score (nSPS) is 10.6. The van der Waals surface area contributed by atoms with Gasteiger partial charge in [-0.3, -0.25) is 4.79 Å². The number of hydrogen-bond acceptors (Lipinski definition) is 4. The number of ketones is 1. The molecule has 84 valence electrons. The molecule has 4 heteroatoms. The molecular formula is C12H13NOS2. The van der Waals surface area contributed by atoms with Crippen molar-refractivity contribution < 1.29 is 4.79 Å². The Kier molecular flexibility index (Phi) is 3.51. The van der Waals surface area contributed by atoms with Crippen LogP contribution < -0.4 is 0 Å². The molecule has 2 rings (SSSR count). The van der Waals surface area contributed by atoms with Crippen LogP contribution in [-0.2, 0) is 12.8 Å². The molecule has 2 heterocycles. The summed E-state index contributed by atoms with van der Waals surface area (Å²) in [5, 5.41) is 4.88. The maximum Gasteiger partial charge on any atom is 0.179 e. The smallest absolute Gasteiger partial charge is 0.179 e. The Morgan fingerprint density at radius 3 is 2.88 bits per heavy atom. The van der Waals surface area contributed by atoms with Gasteiger partial charge in [0.25, 0.3) is 0 Å². The number of thiophene rings is 1. The van der Waals surface area contributed by atoms with Gasteiger partial charge in [-0.25, -0.2) is 4.98 Å². The molecule has 0 atom stereocenters. The zero-order chi connectivity index (χ0) is 11.5. The highest BCUT2D eigenvalue weighted by Gasteiger charge is 2.14. The van der Waals surface area contributed by atoms with Crippen molar-refractivity contribution in [3.8, 4) is 0 Å². The molecular weight excluding hydrogens is 238 g/mol. The summed E-state index contributed by atoms with van der Waals surface area (Å²) in [6, 6.07) is 2.03. The van der Waals surface area contributed by atoms with Crippen molar-refractivity contribution >= 4 is 28.5 Å². The predicted octanol–water partition coefficient (Wildman–Crippen LogP) is 3.50. The fraction of sp³-hybridized carbons (Fsp3) is 0.333. The van der Waals surface area contributed by atoms with Crippen LogP contribution in [0, 0.1) is 6.92 Å². The van der Waals surface area contributed by atoms with Crippen molar-refractivity contribution in [2.45, 2.75) is 26.7 Å². The van der Waals surface area contributed by atoms with E-state index in [0.29, 0.717) is 6.42 Å². The zero-order valence-corrected chi connectivity index (χ0v) is 11.0. The van der Waals surface area contributed by atoms with Gasteiger partial charge in [0.2, 0.25) is 0 Å². The van der Waals surface area contributed by atoms with Crippen molar-refractivity contribution in [1.82, 2.24) is 4.98 Å². The third-order valence-corrected chi connectivity index (χ3v) is 4.32. The Morgan fingerprint density at radius 2 is 2.25 bits per heavy atom. The van der Waals surface area contributed by atoms with Gasteiger partial charge in [0, 0.05) is 11.1 Å². The molecule has 2 aromatic rings. The topological polar surface area (TPSA) is 30.0 Å². The average molecular weight is 251 g/mol. The highest BCUT2D eigenvalue weighted by atomic mass is 32.1. The van der Waals surface area contributed by atoms with Gasteiger partial charge in [-0.1, -0.05) is 6.92 Å². The minimum absolute atomic E-state index is 0.196. The van der Waals surface area contributed by atoms with Crippen LogP contribution in [0.3, 0.4) is 0 Å². The van der Waals surface area contributed by atoms with Gasteiger partial charge in [0.05, 0.1) is 11.3 Å². The molecule has 0 aromatic carbocycles. The molecule has 0 aliphatic carbocycles. The van der Waals surface area contributed by atoms with Gasteiger partial charge in [-0.15, -0.1) is 22.7 Å². The summed E-state index contributed by atoms with van der Waals surface area (Å²) in [5.74, 6) is 0.196. The summed E-state index contributed by atoms with van der Waals surface area (Å²) in [5.41, 5.74) is 2.15. The van der Waals surface area contributed by atoms with E-state index in [2.05, 4.69) is 11.9 Å². The van der Waals surface area contributed by atoms with E-state index < -0.39 is 0 Å². The van der Waals surface area contributed by atoms with E-state index in [1.54, 1.807) is 11.3 Å². The minimum atomic E-state index is 0.196. The Labute approximate surface area is 103 Å². The van der Waals surface area contributed by atoms with Crippen molar-refractivity contribution in [2.75, 3.05) is 0 Å². The molecule has 0 fully saturated rings. The van der Waals surface area contributed by atoms with Gasteiger partial charge < -0.3 is 0 Å². The Bertz CT molecular complexity index is 499. The molecule has 2 aromatic heterocycles. The molecule has 0 saturated heterocycles. The molecule has 0 aliphatic rings. The first-order valence-electron chi connectivity index (χ1n) is 5.21.